The molecule has 0 amide bonds. The van der Waals surface area contributed by atoms with Gasteiger partial charge in [0.25, 0.3) is 0 Å². The number of H-pyrrole nitrogens is 1. The predicted molar refractivity (Wildman–Crippen MR) is 83.0 cm³/mol. The lowest BCUT2D eigenvalue weighted by Gasteiger charge is -2.09. The van der Waals surface area contributed by atoms with Gasteiger partial charge in [-0.3, -0.25) is 4.79 Å². The third-order valence-corrected chi connectivity index (χ3v) is 3.69. The van der Waals surface area contributed by atoms with Crippen molar-refractivity contribution >= 4 is 16.9 Å². The minimum atomic E-state index is -1.05. The smallest absolute Gasteiger partial charge is 0.320 e. The molecule has 3 rings (SSSR count). The van der Waals surface area contributed by atoms with Crippen LogP contribution in [-0.4, -0.2) is 22.1 Å². The van der Waals surface area contributed by atoms with E-state index in [1.165, 1.54) is 12.1 Å². The summed E-state index contributed by atoms with van der Waals surface area (Å²) in [4.78, 5) is 14.3. The van der Waals surface area contributed by atoms with Crippen LogP contribution in [0.15, 0.2) is 48.5 Å². The molecular formula is C17H15FN2O2. The number of hydrogen-bond acceptors (Lipinski definition) is 2. The van der Waals surface area contributed by atoms with Crippen molar-refractivity contribution in [1.82, 2.24) is 4.98 Å². The van der Waals surface area contributed by atoms with Crippen molar-refractivity contribution in [3.8, 4) is 11.3 Å². The monoisotopic (exact) mass is 298 g/mol. The molecule has 0 saturated carbocycles. The Balaban J connectivity index is 2.16. The second kappa shape index (κ2) is 5.61. The third kappa shape index (κ3) is 2.58. The Morgan fingerprint density at radius 2 is 1.86 bits per heavy atom. The van der Waals surface area contributed by atoms with Crippen LogP contribution < -0.4 is 5.73 Å². The fourth-order valence-corrected chi connectivity index (χ4v) is 2.58. The molecule has 22 heavy (non-hydrogen) atoms. The maximum Gasteiger partial charge on any atom is 0.320 e. The zero-order valence-electron chi connectivity index (χ0n) is 11.7. The molecule has 0 saturated heterocycles. The summed E-state index contributed by atoms with van der Waals surface area (Å²) < 4.78 is 13.1. The summed E-state index contributed by atoms with van der Waals surface area (Å²) in [6, 6.07) is 12.7. The zero-order valence-corrected chi connectivity index (χ0v) is 11.7. The lowest BCUT2D eigenvalue weighted by molar-refractivity contribution is -0.138. The molecule has 112 valence electrons. The summed E-state index contributed by atoms with van der Waals surface area (Å²) in [5.41, 5.74) is 9.00. The van der Waals surface area contributed by atoms with Crippen molar-refractivity contribution < 1.29 is 14.3 Å². The maximum absolute atomic E-state index is 13.1. The number of halogens is 1. The Hall–Kier alpha value is -2.66. The van der Waals surface area contributed by atoms with E-state index in [0.29, 0.717) is 0 Å². The molecule has 0 spiro atoms. The first kappa shape index (κ1) is 14.3. The number of nitrogens with one attached hydrogen (secondary N) is 1. The summed E-state index contributed by atoms with van der Waals surface area (Å²) in [5.74, 6) is -1.36. The van der Waals surface area contributed by atoms with Crippen LogP contribution in [-0.2, 0) is 11.2 Å². The van der Waals surface area contributed by atoms with Gasteiger partial charge in [0.05, 0.1) is 0 Å². The summed E-state index contributed by atoms with van der Waals surface area (Å²) in [6.07, 6.45) is 0.200. The lowest BCUT2D eigenvalue weighted by Crippen LogP contribution is -2.32. The normalized spacial score (nSPS) is 12.5. The van der Waals surface area contributed by atoms with Crippen molar-refractivity contribution in [2.45, 2.75) is 12.5 Å². The summed E-state index contributed by atoms with van der Waals surface area (Å²) in [7, 11) is 0. The van der Waals surface area contributed by atoms with E-state index >= 15 is 0 Å². The number of rotatable bonds is 4. The Labute approximate surface area is 126 Å². The van der Waals surface area contributed by atoms with E-state index in [4.69, 9.17) is 10.8 Å². The van der Waals surface area contributed by atoms with E-state index in [2.05, 4.69) is 4.98 Å². The SMILES string of the molecule is NC(Cc1c(-c2ccc(F)cc2)[nH]c2ccccc12)C(=O)O. The van der Waals surface area contributed by atoms with Crippen molar-refractivity contribution in [3.05, 3.63) is 59.9 Å². The Kier molecular flexibility index (Phi) is 3.65. The molecule has 5 heteroatoms. The zero-order chi connectivity index (χ0) is 15.7. The number of aliphatic carboxylic acids is 1. The first-order valence-electron chi connectivity index (χ1n) is 6.90. The Morgan fingerprint density at radius 3 is 2.55 bits per heavy atom. The number of benzene rings is 2. The fraction of sp³-hybridized carbons (Fsp3) is 0.118. The topological polar surface area (TPSA) is 79.1 Å². The average Bonchev–Trinajstić information content (AvgIpc) is 2.87. The van der Waals surface area contributed by atoms with Crippen molar-refractivity contribution in [1.29, 1.82) is 0 Å². The van der Waals surface area contributed by atoms with E-state index in [0.717, 1.165) is 27.7 Å². The van der Waals surface area contributed by atoms with Gasteiger partial charge in [0.1, 0.15) is 11.9 Å². The molecular weight excluding hydrogens is 283 g/mol. The number of aromatic amines is 1. The molecule has 1 heterocycles. The standard InChI is InChI=1S/C17H15FN2O2/c18-11-7-5-10(6-8-11)16-13(9-14(19)17(21)22)12-3-1-2-4-15(12)20-16/h1-8,14,20H,9,19H2,(H,21,22). The number of carboxylic acids is 1. The van der Waals surface area contributed by atoms with Crippen molar-refractivity contribution in [2.24, 2.45) is 5.73 Å². The second-order valence-corrected chi connectivity index (χ2v) is 5.18. The largest absolute Gasteiger partial charge is 0.480 e. The molecule has 1 aromatic heterocycles. The highest BCUT2D eigenvalue weighted by Gasteiger charge is 2.19. The molecule has 4 N–H and O–H groups in total. The van der Waals surface area contributed by atoms with Gasteiger partial charge >= 0.3 is 5.97 Å². The van der Waals surface area contributed by atoms with Gasteiger partial charge in [0.15, 0.2) is 0 Å². The van der Waals surface area contributed by atoms with Crippen molar-refractivity contribution in [2.75, 3.05) is 0 Å². The number of nitrogens with two attached hydrogens (primary N) is 1. The van der Waals surface area contributed by atoms with Crippen LogP contribution in [0.25, 0.3) is 22.2 Å². The molecule has 0 aliphatic carbocycles. The molecule has 1 unspecified atom stereocenters. The number of fused-ring (bicyclic) bond motifs is 1. The molecule has 0 aliphatic heterocycles. The van der Waals surface area contributed by atoms with Crippen LogP contribution in [0, 0.1) is 5.82 Å². The fourth-order valence-electron chi connectivity index (χ4n) is 2.58. The van der Waals surface area contributed by atoms with Crippen LogP contribution in [0.2, 0.25) is 0 Å². The third-order valence-electron chi connectivity index (χ3n) is 3.69. The minimum Gasteiger partial charge on any atom is -0.480 e. The molecule has 0 bridgehead atoms. The average molecular weight is 298 g/mol. The minimum absolute atomic E-state index is 0.200. The Bertz CT molecular complexity index is 824. The van der Waals surface area contributed by atoms with E-state index in [-0.39, 0.29) is 12.2 Å². The van der Waals surface area contributed by atoms with Crippen LogP contribution in [0.5, 0.6) is 0 Å². The van der Waals surface area contributed by atoms with Gasteiger partial charge < -0.3 is 15.8 Å². The van der Waals surface area contributed by atoms with Crippen molar-refractivity contribution in [3.63, 3.8) is 0 Å². The van der Waals surface area contributed by atoms with Crippen LogP contribution in [0.3, 0.4) is 0 Å². The van der Waals surface area contributed by atoms with Gasteiger partial charge in [-0.1, -0.05) is 18.2 Å². The van der Waals surface area contributed by atoms with E-state index in [9.17, 15) is 9.18 Å². The summed E-state index contributed by atoms with van der Waals surface area (Å²) in [6.45, 7) is 0. The van der Waals surface area contributed by atoms with E-state index < -0.39 is 12.0 Å². The molecule has 3 aromatic rings. The first-order valence-corrected chi connectivity index (χ1v) is 6.90. The highest BCUT2D eigenvalue weighted by molar-refractivity contribution is 5.91. The first-order chi connectivity index (χ1) is 10.6. The van der Waals surface area contributed by atoms with Crippen LogP contribution >= 0.6 is 0 Å². The van der Waals surface area contributed by atoms with E-state index in [1.807, 2.05) is 24.3 Å². The predicted octanol–water partition coefficient (Wildman–Crippen LogP) is 2.93. The van der Waals surface area contributed by atoms with Crippen LogP contribution in [0.4, 0.5) is 4.39 Å². The molecule has 0 radical (unpaired) electrons. The number of hydrogen-bond donors (Lipinski definition) is 3. The lowest BCUT2D eigenvalue weighted by atomic mass is 9.99. The van der Waals surface area contributed by atoms with Gasteiger partial charge in [-0.25, -0.2) is 4.39 Å². The maximum atomic E-state index is 13.1. The number of carbonyl (C=O) groups is 1. The van der Waals surface area contributed by atoms with Gasteiger partial charge in [-0.2, -0.15) is 0 Å². The molecule has 4 nitrogen and oxygen atoms in total. The van der Waals surface area contributed by atoms with Gasteiger partial charge in [-0.15, -0.1) is 0 Å². The molecule has 2 aromatic carbocycles. The number of carboxylic acid groups (broad SMARTS) is 1. The second-order valence-electron chi connectivity index (χ2n) is 5.18. The number of aromatic nitrogens is 1. The molecule has 1 atom stereocenters. The highest BCUT2D eigenvalue weighted by atomic mass is 19.1. The number of para-hydroxylation sites is 1. The summed E-state index contributed by atoms with van der Waals surface area (Å²) in [5, 5.41) is 10.00. The highest BCUT2D eigenvalue weighted by Crippen LogP contribution is 2.31. The van der Waals surface area contributed by atoms with Crippen LogP contribution in [0.1, 0.15) is 5.56 Å². The summed E-state index contributed by atoms with van der Waals surface area (Å²) >= 11 is 0. The van der Waals surface area contributed by atoms with Gasteiger partial charge in [-0.05, 0) is 41.5 Å². The molecule has 0 aliphatic rings. The van der Waals surface area contributed by atoms with Gasteiger partial charge in [0.2, 0.25) is 0 Å². The van der Waals surface area contributed by atoms with Gasteiger partial charge in [0, 0.05) is 23.0 Å². The quantitative estimate of drug-likeness (QED) is 0.693. The molecule has 0 fully saturated rings. The Morgan fingerprint density at radius 1 is 1.18 bits per heavy atom. The van der Waals surface area contributed by atoms with E-state index in [1.54, 1.807) is 12.1 Å².